The molecule has 4 heterocycles. The molecule has 0 unspecified atom stereocenters. The molecule has 180 valence electrons. The van der Waals surface area contributed by atoms with Crippen LogP contribution >= 0.6 is 0 Å². The number of amides is 2. The summed E-state index contributed by atoms with van der Waals surface area (Å²) in [4.78, 5) is 18.7. The van der Waals surface area contributed by atoms with Crippen LogP contribution in [0.25, 0.3) is 11.0 Å². The van der Waals surface area contributed by atoms with Gasteiger partial charge in [-0.3, -0.25) is 10.4 Å². The molecule has 34 heavy (non-hydrogen) atoms. The molecule has 3 aromatic rings. The standard InChI is InChI=1S/C25H31FN6O2/c26-20-3-4-22-23(16-20)34-30-24(22)19-8-12-31(13-9-19)11-5-18-6-14-32(15-7-18)29-25(33)28-21-2-1-10-27-17-21/h1-4,10,16-19H,5-9,11-15H2,(H2,28,29,33). The number of pyridine rings is 1. The molecule has 0 atom stereocenters. The summed E-state index contributed by atoms with van der Waals surface area (Å²) >= 11 is 0. The molecule has 2 aromatic heterocycles. The van der Waals surface area contributed by atoms with Crippen molar-refractivity contribution in [2.75, 3.05) is 38.0 Å². The lowest BCUT2D eigenvalue weighted by Crippen LogP contribution is -2.48. The van der Waals surface area contributed by atoms with Crippen molar-refractivity contribution >= 4 is 22.7 Å². The van der Waals surface area contributed by atoms with Crippen LogP contribution in [-0.2, 0) is 0 Å². The fourth-order valence-electron chi connectivity index (χ4n) is 5.09. The van der Waals surface area contributed by atoms with E-state index in [4.69, 9.17) is 4.52 Å². The van der Waals surface area contributed by atoms with Crippen LogP contribution in [0.1, 0.15) is 43.7 Å². The van der Waals surface area contributed by atoms with E-state index in [2.05, 4.69) is 25.8 Å². The summed E-state index contributed by atoms with van der Waals surface area (Å²) in [6.07, 6.45) is 8.77. The Hall–Kier alpha value is -3.04. The van der Waals surface area contributed by atoms with Crippen LogP contribution in [0.3, 0.4) is 0 Å². The van der Waals surface area contributed by atoms with Gasteiger partial charge in [-0.05, 0) is 81.9 Å². The first kappa shape index (κ1) is 22.7. The van der Waals surface area contributed by atoms with Gasteiger partial charge < -0.3 is 14.7 Å². The number of benzene rings is 1. The van der Waals surface area contributed by atoms with Crippen LogP contribution < -0.4 is 10.7 Å². The predicted molar refractivity (Wildman–Crippen MR) is 128 cm³/mol. The van der Waals surface area contributed by atoms with Crippen molar-refractivity contribution in [3.8, 4) is 0 Å². The second-order valence-electron chi connectivity index (χ2n) is 9.35. The molecule has 5 rings (SSSR count). The third-order valence-corrected chi connectivity index (χ3v) is 7.08. The highest BCUT2D eigenvalue weighted by Gasteiger charge is 2.26. The molecule has 9 heteroatoms. The number of hydrazine groups is 1. The summed E-state index contributed by atoms with van der Waals surface area (Å²) < 4.78 is 18.8. The van der Waals surface area contributed by atoms with E-state index in [1.54, 1.807) is 24.5 Å². The lowest BCUT2D eigenvalue weighted by atomic mass is 9.90. The van der Waals surface area contributed by atoms with Gasteiger partial charge in [0.2, 0.25) is 0 Å². The zero-order valence-electron chi connectivity index (χ0n) is 19.3. The van der Waals surface area contributed by atoms with Gasteiger partial charge in [0, 0.05) is 36.7 Å². The molecule has 0 saturated carbocycles. The van der Waals surface area contributed by atoms with Crippen LogP contribution in [0.2, 0.25) is 0 Å². The molecule has 2 aliphatic rings. The molecule has 0 radical (unpaired) electrons. The maximum absolute atomic E-state index is 13.4. The Balaban J connectivity index is 1.01. The number of aromatic nitrogens is 2. The average Bonchev–Trinajstić information content (AvgIpc) is 3.27. The molecule has 1 aromatic carbocycles. The Bertz CT molecular complexity index is 1090. The summed E-state index contributed by atoms with van der Waals surface area (Å²) in [5.41, 5.74) is 5.13. The van der Waals surface area contributed by atoms with Gasteiger partial charge in [0.1, 0.15) is 5.82 Å². The molecule has 8 nitrogen and oxygen atoms in total. The van der Waals surface area contributed by atoms with E-state index in [9.17, 15) is 9.18 Å². The number of fused-ring (bicyclic) bond motifs is 1. The quantitative estimate of drug-likeness (QED) is 0.561. The van der Waals surface area contributed by atoms with Gasteiger partial charge in [-0.25, -0.2) is 14.2 Å². The maximum Gasteiger partial charge on any atom is 0.333 e. The van der Waals surface area contributed by atoms with Crippen molar-refractivity contribution in [3.05, 3.63) is 54.2 Å². The SMILES string of the molecule is O=C(Nc1cccnc1)NN1CCC(CCN2CCC(c3noc4cc(F)ccc34)CC2)CC1. The second-order valence-corrected chi connectivity index (χ2v) is 9.35. The van der Waals surface area contributed by atoms with Crippen LogP contribution in [-0.4, -0.2) is 58.8 Å². The van der Waals surface area contributed by atoms with E-state index in [-0.39, 0.29) is 11.8 Å². The van der Waals surface area contributed by atoms with Crippen LogP contribution in [0.4, 0.5) is 14.9 Å². The van der Waals surface area contributed by atoms with Crippen LogP contribution in [0, 0.1) is 11.7 Å². The number of urea groups is 1. The van der Waals surface area contributed by atoms with E-state index in [0.29, 0.717) is 23.1 Å². The average molecular weight is 467 g/mol. The molecule has 2 amide bonds. The van der Waals surface area contributed by atoms with Gasteiger partial charge in [0.25, 0.3) is 0 Å². The van der Waals surface area contributed by atoms with Gasteiger partial charge in [-0.1, -0.05) is 5.16 Å². The minimum absolute atomic E-state index is 0.223. The molecule has 0 aliphatic carbocycles. The number of hydrogen-bond acceptors (Lipinski definition) is 6. The Kier molecular flexibility index (Phi) is 7.01. The molecule has 2 N–H and O–H groups in total. The lowest BCUT2D eigenvalue weighted by Gasteiger charge is -2.35. The first-order valence-corrected chi connectivity index (χ1v) is 12.1. The zero-order valence-corrected chi connectivity index (χ0v) is 19.3. The van der Waals surface area contributed by atoms with Gasteiger partial charge in [-0.15, -0.1) is 0 Å². The normalized spacial score (nSPS) is 18.9. The molecule has 2 aliphatic heterocycles. The summed E-state index contributed by atoms with van der Waals surface area (Å²) in [6, 6.07) is 8.06. The Morgan fingerprint density at radius 3 is 2.71 bits per heavy atom. The van der Waals surface area contributed by atoms with Crippen molar-refractivity contribution in [2.45, 2.75) is 38.0 Å². The number of carbonyl (C=O) groups is 1. The molecular weight excluding hydrogens is 435 g/mol. The summed E-state index contributed by atoms with van der Waals surface area (Å²) in [6.45, 7) is 4.95. The topological polar surface area (TPSA) is 86.5 Å². The molecule has 0 spiro atoms. The van der Waals surface area contributed by atoms with Crippen LogP contribution in [0.5, 0.6) is 0 Å². The summed E-state index contributed by atoms with van der Waals surface area (Å²) in [5, 5.41) is 10.0. The van der Waals surface area contributed by atoms with Crippen LogP contribution in [0.15, 0.2) is 47.2 Å². The minimum Gasteiger partial charge on any atom is -0.356 e. The van der Waals surface area contributed by atoms with E-state index in [0.717, 1.165) is 69.5 Å². The second kappa shape index (κ2) is 10.5. The van der Waals surface area contributed by atoms with Crippen molar-refractivity contribution in [3.63, 3.8) is 0 Å². The maximum atomic E-state index is 13.4. The fraction of sp³-hybridized carbons (Fsp3) is 0.480. The van der Waals surface area contributed by atoms with Gasteiger partial charge in [0.15, 0.2) is 5.58 Å². The molecular formula is C25H31FN6O2. The van der Waals surface area contributed by atoms with E-state index in [1.165, 1.54) is 18.6 Å². The highest BCUT2D eigenvalue weighted by Crippen LogP contribution is 2.33. The zero-order chi connectivity index (χ0) is 23.3. The van der Waals surface area contributed by atoms with Gasteiger partial charge in [-0.2, -0.15) is 0 Å². The smallest absolute Gasteiger partial charge is 0.333 e. The first-order valence-electron chi connectivity index (χ1n) is 12.1. The third-order valence-electron chi connectivity index (χ3n) is 7.08. The molecule has 0 bridgehead atoms. The van der Waals surface area contributed by atoms with Crippen molar-refractivity contribution in [2.24, 2.45) is 5.92 Å². The van der Waals surface area contributed by atoms with Crippen molar-refractivity contribution < 1.29 is 13.7 Å². The molecule has 2 saturated heterocycles. The Labute approximate surface area is 198 Å². The molecule has 2 fully saturated rings. The lowest BCUT2D eigenvalue weighted by molar-refractivity contribution is 0.121. The minimum atomic E-state index is -0.292. The van der Waals surface area contributed by atoms with E-state index >= 15 is 0 Å². The number of nitrogens with zero attached hydrogens (tertiary/aromatic N) is 4. The number of rotatable bonds is 6. The predicted octanol–water partition coefficient (Wildman–Crippen LogP) is 4.38. The number of nitrogens with one attached hydrogen (secondary N) is 2. The van der Waals surface area contributed by atoms with E-state index < -0.39 is 0 Å². The highest BCUT2D eigenvalue weighted by atomic mass is 19.1. The number of hydrogen-bond donors (Lipinski definition) is 2. The number of likely N-dealkylation sites (tertiary alicyclic amines) is 1. The largest absolute Gasteiger partial charge is 0.356 e. The third kappa shape index (κ3) is 5.53. The number of carbonyl (C=O) groups excluding carboxylic acids is 1. The fourth-order valence-corrected chi connectivity index (χ4v) is 5.09. The number of piperidine rings is 2. The van der Waals surface area contributed by atoms with Crippen molar-refractivity contribution in [1.82, 2.24) is 25.5 Å². The first-order chi connectivity index (χ1) is 16.6. The summed E-state index contributed by atoms with van der Waals surface area (Å²) in [5.74, 6) is 0.765. The van der Waals surface area contributed by atoms with Gasteiger partial charge >= 0.3 is 6.03 Å². The monoisotopic (exact) mass is 466 g/mol. The summed E-state index contributed by atoms with van der Waals surface area (Å²) in [7, 11) is 0. The Morgan fingerprint density at radius 1 is 1.12 bits per heavy atom. The van der Waals surface area contributed by atoms with Crippen molar-refractivity contribution in [1.29, 1.82) is 0 Å². The highest BCUT2D eigenvalue weighted by molar-refractivity contribution is 5.88. The van der Waals surface area contributed by atoms with Gasteiger partial charge in [0.05, 0.1) is 17.6 Å². The Morgan fingerprint density at radius 2 is 1.94 bits per heavy atom. The number of halogens is 1. The van der Waals surface area contributed by atoms with E-state index in [1.807, 2.05) is 11.1 Å². The number of anilines is 1.